The summed E-state index contributed by atoms with van der Waals surface area (Å²) in [7, 11) is 12.7. The Balaban J connectivity index is 1.05. The molecule has 9 nitrogen and oxygen atoms in total. The molecule has 2 aromatic carbocycles. The number of ether oxygens (including phenoxy) is 4. The first-order chi connectivity index (χ1) is 25.5. The van der Waals surface area contributed by atoms with E-state index in [0.29, 0.717) is 49.1 Å². The summed E-state index contributed by atoms with van der Waals surface area (Å²) in [4.78, 5) is 17.9. The molecule has 4 bridgehead atoms. The summed E-state index contributed by atoms with van der Waals surface area (Å²) in [5.41, 5.74) is 10.5. The highest BCUT2D eigenvalue weighted by molar-refractivity contribution is 5.94. The van der Waals surface area contributed by atoms with Crippen molar-refractivity contribution in [2.75, 3.05) is 41.5 Å². The maximum atomic E-state index is 12.7. The molecule has 53 heavy (non-hydrogen) atoms. The standard InChI is InChI=1S/C44H54N4O5/c1-23(49)31-20-52-21-32-26(31)15-39-43-30(18-36(32)45(39)3)28-13-24(41(50-7)19-38(28)48(43)6)14-34-27-16-40-42-29(25-11-9-10-12-35(25)47(42)5)17-37(46(40)4)33(27)22-53-44(34,2)51-8/h9-13,19-20,26-27,32-34,36-37,39-40H,14-18,21-22H2,1-8H3/t26-,27+,32+,33+,34-,36-,37-,39-,40-,44-/m0/s1. The minimum atomic E-state index is -0.707. The number of rotatable bonds is 5. The highest BCUT2D eigenvalue weighted by Gasteiger charge is 2.57. The number of likely N-dealkylation sites (N-methyl/N-ethyl adjacent to an activating group) is 2. The predicted octanol–water partition coefficient (Wildman–Crippen LogP) is 6.50. The van der Waals surface area contributed by atoms with Crippen molar-refractivity contribution in [3.8, 4) is 5.75 Å². The van der Waals surface area contributed by atoms with E-state index in [1.165, 1.54) is 49.9 Å². The number of ketones is 1. The molecule has 0 unspecified atom stereocenters. The molecular weight excluding hydrogens is 665 g/mol. The van der Waals surface area contributed by atoms with E-state index in [4.69, 9.17) is 18.9 Å². The smallest absolute Gasteiger partial charge is 0.168 e. The molecule has 9 heteroatoms. The zero-order valence-electron chi connectivity index (χ0n) is 32.5. The van der Waals surface area contributed by atoms with Gasteiger partial charge in [0.1, 0.15) is 5.75 Å². The van der Waals surface area contributed by atoms with Crippen molar-refractivity contribution in [1.29, 1.82) is 0 Å². The van der Waals surface area contributed by atoms with E-state index in [1.807, 2.05) is 14.2 Å². The molecule has 6 aliphatic heterocycles. The molecule has 280 valence electrons. The molecule has 0 saturated carbocycles. The monoisotopic (exact) mass is 718 g/mol. The second-order valence-electron chi connectivity index (χ2n) is 17.3. The molecule has 3 saturated heterocycles. The fourth-order valence-electron chi connectivity index (χ4n) is 12.6. The SMILES string of the molecule is COc1cc2c(cc1C[C@H]1[C@@H]3C[C@H]4c5c(c6ccccc6n5C)C[C@@H]([C@@H]3CO[C@]1(C)OC)N4C)c1c(n2C)[C@@H]2C[C@H]3C(C(C)=O)=COC[C@H]3[C@H](C1)N2C. The number of methoxy groups -OCH3 is 2. The number of fused-ring (bicyclic) bond motifs is 16. The molecule has 0 N–H and O–H groups in total. The summed E-state index contributed by atoms with van der Waals surface area (Å²) in [6.45, 7) is 5.23. The van der Waals surface area contributed by atoms with Crippen LogP contribution in [0, 0.1) is 29.6 Å². The fourth-order valence-corrected chi connectivity index (χ4v) is 12.6. The number of para-hydroxylation sites is 1. The van der Waals surface area contributed by atoms with Crippen LogP contribution in [0.1, 0.15) is 66.9 Å². The van der Waals surface area contributed by atoms with Gasteiger partial charge in [0.2, 0.25) is 0 Å². The molecule has 0 aliphatic carbocycles. The number of hydrogen-bond donors (Lipinski definition) is 0. The number of benzene rings is 2. The van der Waals surface area contributed by atoms with Crippen molar-refractivity contribution in [1.82, 2.24) is 18.9 Å². The van der Waals surface area contributed by atoms with Gasteiger partial charge in [-0.05, 0) is 101 Å². The van der Waals surface area contributed by atoms with Crippen LogP contribution in [-0.4, -0.2) is 84.1 Å². The summed E-state index contributed by atoms with van der Waals surface area (Å²) < 4.78 is 30.3. The Labute approximate surface area is 312 Å². The number of allylic oxidation sites excluding steroid dienone is 1. The summed E-state index contributed by atoms with van der Waals surface area (Å²) in [6.07, 6.45) is 6.55. The summed E-state index contributed by atoms with van der Waals surface area (Å²) in [5, 5.41) is 2.73. The number of carbonyl (C=O) groups excluding carboxylic acids is 1. The van der Waals surface area contributed by atoms with E-state index in [-0.39, 0.29) is 23.7 Å². The number of Topliss-reactive ketones (excluding diaryl/α,β-unsaturated/α-hetero) is 1. The fraction of sp³-hybridized carbons (Fsp3) is 0.568. The highest BCUT2D eigenvalue weighted by atomic mass is 16.7. The van der Waals surface area contributed by atoms with Crippen LogP contribution in [0.5, 0.6) is 5.75 Å². The van der Waals surface area contributed by atoms with Crippen molar-refractivity contribution in [2.45, 2.75) is 75.9 Å². The number of piperidine rings is 2. The third-order valence-electron chi connectivity index (χ3n) is 15.4. The van der Waals surface area contributed by atoms with Gasteiger partial charge in [-0.1, -0.05) is 18.2 Å². The van der Waals surface area contributed by atoms with Gasteiger partial charge in [-0.25, -0.2) is 0 Å². The number of nitrogens with zero attached hydrogens (tertiary/aromatic N) is 4. The van der Waals surface area contributed by atoms with Crippen molar-refractivity contribution >= 4 is 27.6 Å². The molecule has 10 atom stereocenters. The van der Waals surface area contributed by atoms with E-state index in [2.05, 4.69) is 90.4 Å². The van der Waals surface area contributed by atoms with E-state index in [9.17, 15) is 4.79 Å². The summed E-state index contributed by atoms with van der Waals surface area (Å²) >= 11 is 0. The van der Waals surface area contributed by atoms with Gasteiger partial charge >= 0.3 is 0 Å². The van der Waals surface area contributed by atoms with Gasteiger partial charge in [-0.15, -0.1) is 0 Å². The van der Waals surface area contributed by atoms with Crippen LogP contribution < -0.4 is 4.74 Å². The Morgan fingerprint density at radius 1 is 0.849 bits per heavy atom. The molecule has 0 radical (unpaired) electrons. The second kappa shape index (κ2) is 11.9. The van der Waals surface area contributed by atoms with Crippen LogP contribution in [-0.2, 0) is 52.4 Å². The Morgan fingerprint density at radius 3 is 2.25 bits per heavy atom. The molecule has 0 amide bonds. The maximum Gasteiger partial charge on any atom is 0.168 e. The van der Waals surface area contributed by atoms with Crippen molar-refractivity contribution in [2.24, 2.45) is 43.7 Å². The zero-order valence-corrected chi connectivity index (χ0v) is 32.5. The molecular formula is C44H54N4O5. The Kier molecular flexibility index (Phi) is 7.63. The number of carbonyl (C=O) groups is 1. The van der Waals surface area contributed by atoms with Gasteiger partial charge in [-0.3, -0.25) is 14.6 Å². The molecule has 0 spiro atoms. The lowest BCUT2D eigenvalue weighted by Gasteiger charge is -2.58. The normalized spacial score (nSPS) is 34.9. The van der Waals surface area contributed by atoms with Gasteiger partial charge in [0.05, 0.1) is 44.2 Å². The van der Waals surface area contributed by atoms with Gasteiger partial charge in [0.25, 0.3) is 0 Å². The molecule has 6 aliphatic rings. The third-order valence-corrected chi connectivity index (χ3v) is 15.4. The van der Waals surface area contributed by atoms with Crippen LogP contribution in [0.3, 0.4) is 0 Å². The second-order valence-corrected chi connectivity index (χ2v) is 17.3. The van der Waals surface area contributed by atoms with Crippen molar-refractivity contribution in [3.05, 3.63) is 76.3 Å². The maximum absolute atomic E-state index is 12.7. The highest BCUT2D eigenvalue weighted by Crippen LogP contribution is 2.56. The third kappa shape index (κ3) is 4.60. The van der Waals surface area contributed by atoms with E-state index in [0.717, 1.165) is 43.4 Å². The molecule has 4 aromatic rings. The van der Waals surface area contributed by atoms with Crippen LogP contribution in [0.25, 0.3) is 21.8 Å². The van der Waals surface area contributed by atoms with Crippen LogP contribution >= 0.6 is 0 Å². The van der Waals surface area contributed by atoms with Crippen molar-refractivity contribution in [3.63, 3.8) is 0 Å². The lowest BCUT2D eigenvalue weighted by Crippen LogP contribution is -2.62. The van der Waals surface area contributed by atoms with Crippen LogP contribution in [0.4, 0.5) is 0 Å². The molecule has 8 heterocycles. The minimum absolute atomic E-state index is 0.136. The number of hydrogen-bond acceptors (Lipinski definition) is 7. The Bertz CT molecular complexity index is 2200. The van der Waals surface area contributed by atoms with E-state index < -0.39 is 5.79 Å². The van der Waals surface area contributed by atoms with Crippen molar-refractivity contribution < 1.29 is 23.7 Å². The van der Waals surface area contributed by atoms with Crippen LogP contribution in [0.15, 0.2) is 48.2 Å². The van der Waals surface area contributed by atoms with Gasteiger partial charge in [0, 0.05) is 90.4 Å². The van der Waals surface area contributed by atoms with E-state index in [1.54, 1.807) is 13.2 Å². The largest absolute Gasteiger partial charge is 0.500 e. The average molecular weight is 719 g/mol. The number of aromatic nitrogens is 2. The molecule has 10 rings (SSSR count). The lowest BCUT2D eigenvalue weighted by atomic mass is 9.62. The summed E-state index contributed by atoms with van der Waals surface area (Å²) in [5.74, 6) is 1.87. The van der Waals surface area contributed by atoms with Gasteiger partial charge in [0.15, 0.2) is 11.6 Å². The molecule has 3 fully saturated rings. The minimum Gasteiger partial charge on any atom is -0.500 e. The zero-order chi connectivity index (χ0) is 36.7. The van der Waals surface area contributed by atoms with Gasteiger partial charge in [-0.2, -0.15) is 0 Å². The van der Waals surface area contributed by atoms with Gasteiger partial charge < -0.3 is 28.1 Å². The first-order valence-corrected chi connectivity index (χ1v) is 19.7. The van der Waals surface area contributed by atoms with Crippen LogP contribution in [0.2, 0.25) is 0 Å². The predicted molar refractivity (Wildman–Crippen MR) is 205 cm³/mol. The summed E-state index contributed by atoms with van der Waals surface area (Å²) in [6, 6.07) is 15.0. The first kappa shape index (κ1) is 33.9. The number of aryl methyl sites for hydroxylation is 2. The lowest BCUT2D eigenvalue weighted by molar-refractivity contribution is -0.301. The Hall–Kier alpha value is -3.63. The topological polar surface area (TPSA) is 70.3 Å². The average Bonchev–Trinajstić information content (AvgIpc) is 3.58. The Morgan fingerprint density at radius 2 is 1.53 bits per heavy atom. The molecule has 2 aromatic heterocycles. The first-order valence-electron chi connectivity index (χ1n) is 19.7. The quantitative estimate of drug-likeness (QED) is 0.234. The van der Waals surface area contributed by atoms with E-state index >= 15 is 0 Å².